The van der Waals surface area contributed by atoms with E-state index in [2.05, 4.69) is 15.3 Å². The number of hydrogen-bond donors (Lipinski definition) is 3. The number of carboxylic acid groups (broad SMARTS) is 1. The molecule has 4 aromatic rings. The summed E-state index contributed by atoms with van der Waals surface area (Å²) in [5.41, 5.74) is 1.48. The van der Waals surface area contributed by atoms with Crippen LogP contribution in [-0.4, -0.2) is 42.7 Å². The average Bonchev–Trinajstić information content (AvgIpc) is 2.82. The Morgan fingerprint density at radius 1 is 1.12 bits per heavy atom. The Labute approximate surface area is 188 Å². The van der Waals surface area contributed by atoms with E-state index in [0.717, 1.165) is 5.56 Å². The first-order chi connectivity index (χ1) is 15.9. The van der Waals surface area contributed by atoms with Gasteiger partial charge in [-0.1, -0.05) is 30.3 Å². The number of fused-ring (bicyclic) bond motifs is 1. The third kappa shape index (κ3) is 4.29. The van der Waals surface area contributed by atoms with Gasteiger partial charge >= 0.3 is 5.97 Å². The predicted molar refractivity (Wildman–Crippen MR) is 121 cm³/mol. The highest BCUT2D eigenvalue weighted by Gasteiger charge is 2.23. The molecule has 0 fully saturated rings. The molecule has 0 aliphatic heterocycles. The second-order valence-corrected chi connectivity index (χ2v) is 7.46. The van der Waals surface area contributed by atoms with Crippen molar-refractivity contribution in [3.63, 3.8) is 0 Å². The molecular weight excluding hydrogens is 424 g/mol. The zero-order valence-electron chi connectivity index (χ0n) is 17.6. The molecule has 3 heterocycles. The maximum Gasteiger partial charge on any atom is 0.325 e. The number of carbonyl (C=O) groups is 2. The SMILES string of the molecule is CC(NC(=O)c1ncc2c(cc(-c3ccncc3)c(=O)n2Cc2ccccc2)c1O)C(=O)O. The number of carbonyl (C=O) groups excluding carboxylic acids is 1. The van der Waals surface area contributed by atoms with Crippen LogP contribution >= 0.6 is 0 Å². The molecule has 3 N–H and O–H groups in total. The first-order valence-electron chi connectivity index (χ1n) is 10.1. The van der Waals surface area contributed by atoms with E-state index in [-0.39, 0.29) is 23.2 Å². The molecule has 1 atom stereocenters. The topological polar surface area (TPSA) is 134 Å². The minimum Gasteiger partial charge on any atom is -0.505 e. The third-order valence-electron chi connectivity index (χ3n) is 5.23. The second kappa shape index (κ2) is 8.91. The Kier molecular flexibility index (Phi) is 5.86. The number of rotatable bonds is 6. The summed E-state index contributed by atoms with van der Waals surface area (Å²) in [6.45, 7) is 1.52. The van der Waals surface area contributed by atoms with Crippen molar-refractivity contribution in [1.82, 2.24) is 19.9 Å². The molecule has 0 saturated heterocycles. The van der Waals surface area contributed by atoms with E-state index in [1.807, 2.05) is 30.3 Å². The average molecular weight is 444 g/mol. The number of pyridine rings is 3. The molecule has 1 amide bonds. The number of aliphatic carboxylic acids is 1. The van der Waals surface area contributed by atoms with E-state index in [1.165, 1.54) is 23.8 Å². The Bertz CT molecular complexity index is 1400. The van der Waals surface area contributed by atoms with Crippen LogP contribution in [0, 0.1) is 0 Å². The number of aromatic hydroxyl groups is 1. The lowest BCUT2D eigenvalue weighted by Crippen LogP contribution is -2.38. The van der Waals surface area contributed by atoms with Crippen molar-refractivity contribution in [3.05, 3.63) is 88.7 Å². The summed E-state index contributed by atoms with van der Waals surface area (Å²) in [6, 6.07) is 13.0. The highest BCUT2D eigenvalue weighted by Crippen LogP contribution is 2.30. The molecule has 0 saturated carbocycles. The van der Waals surface area contributed by atoms with E-state index >= 15 is 0 Å². The fourth-order valence-corrected chi connectivity index (χ4v) is 3.48. The van der Waals surface area contributed by atoms with Crippen LogP contribution in [0.5, 0.6) is 5.75 Å². The van der Waals surface area contributed by atoms with Gasteiger partial charge in [-0.3, -0.25) is 19.4 Å². The lowest BCUT2D eigenvalue weighted by molar-refractivity contribution is -0.138. The Morgan fingerprint density at radius 2 is 1.82 bits per heavy atom. The predicted octanol–water partition coefficient (Wildman–Crippen LogP) is 2.42. The Morgan fingerprint density at radius 3 is 2.48 bits per heavy atom. The first-order valence-corrected chi connectivity index (χ1v) is 10.1. The maximum absolute atomic E-state index is 13.4. The summed E-state index contributed by atoms with van der Waals surface area (Å²) in [6.07, 6.45) is 4.44. The van der Waals surface area contributed by atoms with Gasteiger partial charge in [0.25, 0.3) is 11.5 Å². The standard InChI is InChI=1S/C24H20N4O5/c1-14(24(32)33)27-22(30)20-21(29)18-11-17(16-7-9-25-10-8-16)23(31)28(19(18)12-26-20)13-15-5-3-2-4-6-15/h2-12,14,29H,13H2,1H3,(H,27,30)(H,32,33). The van der Waals surface area contributed by atoms with Crippen molar-refractivity contribution >= 4 is 22.8 Å². The van der Waals surface area contributed by atoms with E-state index < -0.39 is 23.7 Å². The summed E-state index contributed by atoms with van der Waals surface area (Å²) < 4.78 is 1.48. The zero-order chi connectivity index (χ0) is 23.5. The third-order valence-corrected chi connectivity index (χ3v) is 5.23. The number of hydrogen-bond acceptors (Lipinski definition) is 6. The molecule has 0 bridgehead atoms. The molecule has 9 heteroatoms. The number of benzene rings is 1. The number of nitrogens with one attached hydrogen (secondary N) is 1. The Hall–Kier alpha value is -4.53. The van der Waals surface area contributed by atoms with Crippen molar-refractivity contribution < 1.29 is 19.8 Å². The van der Waals surface area contributed by atoms with Crippen LogP contribution in [0.1, 0.15) is 23.0 Å². The van der Waals surface area contributed by atoms with Crippen molar-refractivity contribution in [3.8, 4) is 16.9 Å². The van der Waals surface area contributed by atoms with Gasteiger partial charge in [0, 0.05) is 23.3 Å². The van der Waals surface area contributed by atoms with Crippen LogP contribution < -0.4 is 10.9 Å². The maximum atomic E-state index is 13.4. The van der Waals surface area contributed by atoms with Gasteiger partial charge in [-0.25, -0.2) is 4.98 Å². The Balaban J connectivity index is 1.93. The zero-order valence-corrected chi connectivity index (χ0v) is 17.6. The van der Waals surface area contributed by atoms with Crippen molar-refractivity contribution in [2.75, 3.05) is 0 Å². The lowest BCUT2D eigenvalue weighted by atomic mass is 10.0. The van der Waals surface area contributed by atoms with E-state index in [0.29, 0.717) is 16.6 Å². The largest absolute Gasteiger partial charge is 0.505 e. The number of carboxylic acids is 1. The summed E-state index contributed by atoms with van der Waals surface area (Å²) in [5, 5.41) is 22.5. The van der Waals surface area contributed by atoms with Gasteiger partial charge in [0.2, 0.25) is 0 Å². The molecule has 1 aromatic carbocycles. The monoisotopic (exact) mass is 444 g/mol. The quantitative estimate of drug-likeness (QED) is 0.416. The van der Waals surface area contributed by atoms with Crippen LogP contribution in [0.15, 0.2) is 71.9 Å². The van der Waals surface area contributed by atoms with Crippen molar-refractivity contribution in [1.29, 1.82) is 0 Å². The van der Waals surface area contributed by atoms with E-state index in [1.54, 1.807) is 24.5 Å². The minimum atomic E-state index is -1.22. The van der Waals surface area contributed by atoms with E-state index in [4.69, 9.17) is 5.11 Å². The second-order valence-electron chi connectivity index (χ2n) is 7.46. The highest BCUT2D eigenvalue weighted by molar-refractivity contribution is 6.02. The van der Waals surface area contributed by atoms with Crippen LogP contribution in [0.2, 0.25) is 0 Å². The highest BCUT2D eigenvalue weighted by atomic mass is 16.4. The fraction of sp³-hybridized carbons (Fsp3) is 0.125. The molecule has 9 nitrogen and oxygen atoms in total. The van der Waals surface area contributed by atoms with E-state index in [9.17, 15) is 19.5 Å². The summed E-state index contributed by atoms with van der Waals surface area (Å²) in [7, 11) is 0. The van der Waals surface area contributed by atoms with Gasteiger partial charge in [0.15, 0.2) is 11.4 Å². The van der Waals surface area contributed by atoms with Gasteiger partial charge < -0.3 is 20.1 Å². The minimum absolute atomic E-state index is 0.220. The van der Waals surface area contributed by atoms with Crippen LogP contribution in [-0.2, 0) is 11.3 Å². The normalized spacial score (nSPS) is 11.8. The number of nitrogens with zero attached hydrogens (tertiary/aromatic N) is 3. The summed E-state index contributed by atoms with van der Waals surface area (Å²) >= 11 is 0. The van der Waals surface area contributed by atoms with Gasteiger partial charge in [-0.2, -0.15) is 0 Å². The number of amides is 1. The lowest BCUT2D eigenvalue weighted by Gasteiger charge is -2.16. The summed E-state index contributed by atoms with van der Waals surface area (Å²) in [5.74, 6) is -2.50. The molecule has 3 aromatic heterocycles. The van der Waals surface area contributed by atoms with Crippen LogP contribution in [0.3, 0.4) is 0 Å². The molecule has 0 spiro atoms. The molecule has 166 valence electrons. The van der Waals surface area contributed by atoms with Gasteiger partial charge in [-0.05, 0) is 36.2 Å². The van der Waals surface area contributed by atoms with Gasteiger partial charge in [0.05, 0.1) is 18.3 Å². The van der Waals surface area contributed by atoms with Crippen LogP contribution in [0.25, 0.3) is 22.0 Å². The first kappa shape index (κ1) is 21.7. The molecule has 0 aliphatic carbocycles. The number of aromatic nitrogens is 3. The fourth-order valence-electron chi connectivity index (χ4n) is 3.48. The molecule has 1 unspecified atom stereocenters. The van der Waals surface area contributed by atoms with Crippen molar-refractivity contribution in [2.45, 2.75) is 19.5 Å². The molecule has 33 heavy (non-hydrogen) atoms. The van der Waals surface area contributed by atoms with Gasteiger partial charge in [-0.15, -0.1) is 0 Å². The molecule has 0 aliphatic rings. The molecular formula is C24H20N4O5. The van der Waals surface area contributed by atoms with Crippen LogP contribution in [0.4, 0.5) is 0 Å². The molecule has 4 rings (SSSR count). The van der Waals surface area contributed by atoms with Gasteiger partial charge in [0.1, 0.15) is 6.04 Å². The molecule has 0 radical (unpaired) electrons. The van der Waals surface area contributed by atoms with Crippen molar-refractivity contribution in [2.24, 2.45) is 0 Å². The smallest absolute Gasteiger partial charge is 0.325 e. The summed E-state index contributed by atoms with van der Waals surface area (Å²) in [4.78, 5) is 45.1.